The molecule has 0 aliphatic carbocycles. The first-order valence-corrected chi connectivity index (χ1v) is 5.52. The lowest BCUT2D eigenvalue weighted by Gasteiger charge is -2.07. The Hall–Kier alpha value is -2.08. The average molecular weight is 248 g/mol. The van der Waals surface area contributed by atoms with E-state index in [2.05, 4.69) is 10.1 Å². The van der Waals surface area contributed by atoms with E-state index < -0.39 is 0 Å². The number of methoxy groups -OCH3 is 2. The fourth-order valence-electron chi connectivity index (χ4n) is 1.69. The van der Waals surface area contributed by atoms with Crippen LogP contribution in [0.2, 0.25) is 0 Å². The van der Waals surface area contributed by atoms with Crippen molar-refractivity contribution in [2.24, 2.45) is 12.8 Å². The van der Waals surface area contributed by atoms with E-state index in [4.69, 9.17) is 15.2 Å². The first-order valence-electron chi connectivity index (χ1n) is 5.52. The lowest BCUT2D eigenvalue weighted by molar-refractivity contribution is 0.355. The van der Waals surface area contributed by atoms with Gasteiger partial charge in [-0.25, -0.2) is 4.98 Å². The normalized spacial score (nSPS) is 10.4. The molecule has 0 saturated carbocycles. The van der Waals surface area contributed by atoms with Crippen LogP contribution in [0.25, 0.3) is 11.4 Å². The fourth-order valence-corrected chi connectivity index (χ4v) is 1.69. The lowest BCUT2D eigenvalue weighted by Crippen LogP contribution is -2.05. The van der Waals surface area contributed by atoms with Gasteiger partial charge in [-0.3, -0.25) is 4.68 Å². The van der Waals surface area contributed by atoms with Gasteiger partial charge in [-0.05, 0) is 18.2 Å². The van der Waals surface area contributed by atoms with Crippen molar-refractivity contribution in [1.29, 1.82) is 0 Å². The number of benzene rings is 1. The molecule has 2 N–H and O–H groups in total. The molecular weight excluding hydrogens is 232 g/mol. The van der Waals surface area contributed by atoms with Crippen LogP contribution in [0.3, 0.4) is 0 Å². The number of rotatable bonds is 4. The van der Waals surface area contributed by atoms with Gasteiger partial charge in [0.2, 0.25) is 0 Å². The standard InChI is InChI=1S/C12H16N4O2/c1-16-11(7-13)14-12(15-16)8-4-5-9(17-2)10(6-8)18-3/h4-6H,7,13H2,1-3H3. The molecule has 0 radical (unpaired) electrons. The second-order valence-corrected chi connectivity index (χ2v) is 3.75. The Balaban J connectivity index is 2.44. The van der Waals surface area contributed by atoms with E-state index in [0.717, 1.165) is 11.4 Å². The number of aryl methyl sites for hydroxylation is 1. The van der Waals surface area contributed by atoms with E-state index in [1.165, 1.54) is 0 Å². The van der Waals surface area contributed by atoms with Crippen LogP contribution in [0.1, 0.15) is 5.82 Å². The Kier molecular flexibility index (Phi) is 3.47. The Morgan fingerprint density at radius 2 is 1.94 bits per heavy atom. The van der Waals surface area contributed by atoms with Crippen LogP contribution in [0.15, 0.2) is 18.2 Å². The molecule has 0 atom stereocenters. The van der Waals surface area contributed by atoms with E-state index in [1.54, 1.807) is 18.9 Å². The molecule has 96 valence electrons. The Labute approximate surface area is 105 Å². The van der Waals surface area contributed by atoms with Crippen LogP contribution in [0.4, 0.5) is 0 Å². The number of nitrogens with zero attached hydrogens (tertiary/aromatic N) is 3. The summed E-state index contributed by atoms with van der Waals surface area (Å²) in [7, 11) is 5.02. The summed E-state index contributed by atoms with van der Waals surface area (Å²) in [5.74, 6) is 2.69. The van der Waals surface area contributed by atoms with Crippen LogP contribution in [0.5, 0.6) is 11.5 Å². The number of ether oxygens (including phenoxy) is 2. The third-order valence-corrected chi connectivity index (χ3v) is 2.68. The number of hydrogen-bond donors (Lipinski definition) is 1. The molecule has 6 nitrogen and oxygen atoms in total. The zero-order valence-electron chi connectivity index (χ0n) is 10.7. The van der Waals surface area contributed by atoms with Crippen LogP contribution in [-0.2, 0) is 13.6 Å². The van der Waals surface area contributed by atoms with E-state index in [0.29, 0.717) is 23.9 Å². The third kappa shape index (κ3) is 2.14. The van der Waals surface area contributed by atoms with Gasteiger partial charge in [-0.15, -0.1) is 0 Å². The van der Waals surface area contributed by atoms with E-state index in [1.807, 2.05) is 25.2 Å². The summed E-state index contributed by atoms with van der Waals surface area (Å²) in [6, 6.07) is 5.55. The quantitative estimate of drug-likeness (QED) is 0.872. The molecule has 0 bridgehead atoms. The van der Waals surface area contributed by atoms with Crippen molar-refractivity contribution >= 4 is 0 Å². The molecule has 6 heteroatoms. The van der Waals surface area contributed by atoms with Gasteiger partial charge in [0, 0.05) is 12.6 Å². The van der Waals surface area contributed by atoms with E-state index in [-0.39, 0.29) is 0 Å². The van der Waals surface area contributed by atoms with Crippen molar-refractivity contribution in [3.05, 3.63) is 24.0 Å². The third-order valence-electron chi connectivity index (χ3n) is 2.68. The maximum absolute atomic E-state index is 5.58. The minimum atomic E-state index is 0.358. The first-order chi connectivity index (χ1) is 8.69. The summed E-state index contributed by atoms with van der Waals surface area (Å²) in [6.07, 6.45) is 0. The van der Waals surface area contributed by atoms with Crippen molar-refractivity contribution in [3.63, 3.8) is 0 Å². The zero-order chi connectivity index (χ0) is 13.1. The molecule has 2 aromatic rings. The van der Waals surface area contributed by atoms with Gasteiger partial charge in [0.05, 0.1) is 20.8 Å². The van der Waals surface area contributed by atoms with Gasteiger partial charge in [-0.1, -0.05) is 0 Å². The highest BCUT2D eigenvalue weighted by molar-refractivity contribution is 5.60. The molecule has 0 saturated heterocycles. The van der Waals surface area contributed by atoms with Gasteiger partial charge < -0.3 is 15.2 Å². The highest BCUT2D eigenvalue weighted by atomic mass is 16.5. The predicted molar refractivity (Wildman–Crippen MR) is 67.4 cm³/mol. The molecule has 0 amide bonds. The molecule has 1 aromatic heterocycles. The Morgan fingerprint density at radius 3 is 2.50 bits per heavy atom. The maximum Gasteiger partial charge on any atom is 0.181 e. The SMILES string of the molecule is COc1ccc(-c2nc(CN)n(C)n2)cc1OC. The molecule has 2 rings (SSSR count). The van der Waals surface area contributed by atoms with Crippen molar-refractivity contribution in [3.8, 4) is 22.9 Å². The minimum Gasteiger partial charge on any atom is -0.493 e. The van der Waals surface area contributed by atoms with E-state index >= 15 is 0 Å². The topological polar surface area (TPSA) is 75.2 Å². The highest BCUT2D eigenvalue weighted by Crippen LogP contribution is 2.30. The second kappa shape index (κ2) is 5.05. The van der Waals surface area contributed by atoms with Crippen molar-refractivity contribution < 1.29 is 9.47 Å². The molecule has 0 unspecified atom stereocenters. The van der Waals surface area contributed by atoms with Crippen LogP contribution < -0.4 is 15.2 Å². The van der Waals surface area contributed by atoms with Gasteiger partial charge >= 0.3 is 0 Å². The molecule has 0 aliphatic heterocycles. The lowest BCUT2D eigenvalue weighted by atomic mass is 10.2. The first kappa shape index (κ1) is 12.4. The minimum absolute atomic E-state index is 0.358. The molecule has 18 heavy (non-hydrogen) atoms. The number of nitrogens with two attached hydrogens (primary N) is 1. The Morgan fingerprint density at radius 1 is 1.22 bits per heavy atom. The van der Waals surface area contributed by atoms with Crippen LogP contribution >= 0.6 is 0 Å². The van der Waals surface area contributed by atoms with Crippen molar-refractivity contribution in [2.75, 3.05) is 14.2 Å². The summed E-state index contributed by atoms with van der Waals surface area (Å²) in [5.41, 5.74) is 6.44. The monoisotopic (exact) mass is 248 g/mol. The summed E-state index contributed by atoms with van der Waals surface area (Å²) in [4.78, 5) is 4.36. The van der Waals surface area contributed by atoms with Crippen molar-refractivity contribution in [1.82, 2.24) is 14.8 Å². The zero-order valence-corrected chi connectivity index (χ0v) is 10.7. The maximum atomic E-state index is 5.58. The van der Waals surface area contributed by atoms with Gasteiger partial charge in [-0.2, -0.15) is 5.10 Å². The van der Waals surface area contributed by atoms with E-state index in [9.17, 15) is 0 Å². The van der Waals surface area contributed by atoms with Gasteiger partial charge in [0.15, 0.2) is 17.3 Å². The van der Waals surface area contributed by atoms with Crippen molar-refractivity contribution in [2.45, 2.75) is 6.54 Å². The van der Waals surface area contributed by atoms with Crippen LogP contribution in [-0.4, -0.2) is 29.0 Å². The number of aromatic nitrogens is 3. The second-order valence-electron chi connectivity index (χ2n) is 3.75. The smallest absolute Gasteiger partial charge is 0.181 e. The predicted octanol–water partition coefficient (Wildman–Crippen LogP) is 0.958. The average Bonchev–Trinajstić information content (AvgIpc) is 2.79. The molecular formula is C12H16N4O2. The summed E-state index contributed by atoms with van der Waals surface area (Å²) in [6.45, 7) is 0.358. The molecule has 0 aliphatic rings. The van der Waals surface area contributed by atoms with Gasteiger partial charge in [0.1, 0.15) is 5.82 Å². The Bertz CT molecular complexity index is 551. The number of hydrogen-bond acceptors (Lipinski definition) is 5. The molecule has 1 aromatic carbocycles. The molecule has 0 fully saturated rings. The largest absolute Gasteiger partial charge is 0.493 e. The summed E-state index contributed by atoms with van der Waals surface area (Å²) < 4.78 is 12.1. The molecule has 1 heterocycles. The highest BCUT2D eigenvalue weighted by Gasteiger charge is 2.11. The van der Waals surface area contributed by atoms with Gasteiger partial charge in [0.25, 0.3) is 0 Å². The fraction of sp³-hybridized carbons (Fsp3) is 0.333. The van der Waals surface area contributed by atoms with Crippen LogP contribution in [0, 0.1) is 0 Å². The molecule has 0 spiro atoms. The summed E-state index contributed by atoms with van der Waals surface area (Å²) >= 11 is 0. The summed E-state index contributed by atoms with van der Waals surface area (Å²) in [5, 5.41) is 4.31.